The zero-order chi connectivity index (χ0) is 18.6. The fraction of sp³-hybridized carbons (Fsp3) is 0.611. The first-order chi connectivity index (χ1) is 11.9. The lowest BCUT2D eigenvalue weighted by Crippen LogP contribution is -2.57. The van der Waals surface area contributed by atoms with Crippen molar-refractivity contribution >= 4 is 17.7 Å². The molecule has 0 spiro atoms. The van der Waals surface area contributed by atoms with E-state index >= 15 is 0 Å². The predicted molar refractivity (Wildman–Crippen MR) is 96.0 cm³/mol. The van der Waals surface area contributed by atoms with Gasteiger partial charge in [0.2, 0.25) is 0 Å². The van der Waals surface area contributed by atoms with Crippen LogP contribution in [0.25, 0.3) is 0 Å². The summed E-state index contributed by atoms with van der Waals surface area (Å²) >= 11 is 6.23. The molecule has 1 saturated heterocycles. The number of piperidine rings is 1. The van der Waals surface area contributed by atoms with Crippen LogP contribution in [0, 0.1) is 5.82 Å². The zero-order valence-electron chi connectivity index (χ0n) is 14.7. The van der Waals surface area contributed by atoms with Crippen LogP contribution in [0.3, 0.4) is 0 Å². The van der Waals surface area contributed by atoms with E-state index in [1.807, 2.05) is 13.8 Å². The van der Waals surface area contributed by atoms with Gasteiger partial charge >= 0.3 is 6.09 Å². The first-order valence-corrected chi connectivity index (χ1v) is 9.11. The normalized spacial score (nSPS) is 19.7. The molecular weight excluding hydrogens is 347 g/mol. The van der Waals surface area contributed by atoms with Crippen molar-refractivity contribution in [2.24, 2.45) is 5.73 Å². The second-order valence-electron chi connectivity index (χ2n) is 6.38. The van der Waals surface area contributed by atoms with E-state index in [1.54, 1.807) is 0 Å². The predicted octanol–water partition coefficient (Wildman–Crippen LogP) is 4.23. The molecule has 2 rings (SSSR count). The lowest BCUT2D eigenvalue weighted by Gasteiger charge is -2.51. The van der Waals surface area contributed by atoms with Gasteiger partial charge in [0.05, 0.1) is 10.6 Å². The lowest BCUT2D eigenvalue weighted by molar-refractivity contribution is 0.0241. The van der Waals surface area contributed by atoms with Gasteiger partial charge in [-0.15, -0.1) is 0 Å². The van der Waals surface area contributed by atoms with Crippen LogP contribution in [0.4, 0.5) is 9.18 Å². The van der Waals surface area contributed by atoms with Gasteiger partial charge in [-0.2, -0.15) is 0 Å². The van der Waals surface area contributed by atoms with Crippen LogP contribution in [0.2, 0.25) is 5.02 Å². The highest BCUT2D eigenvalue weighted by Gasteiger charge is 2.47. The third-order valence-corrected chi connectivity index (χ3v) is 5.57. The van der Waals surface area contributed by atoms with Gasteiger partial charge in [-0.1, -0.05) is 25.4 Å². The number of benzene rings is 1. The number of carboxylic acid groups (broad SMARTS) is 1. The van der Waals surface area contributed by atoms with E-state index in [0.29, 0.717) is 43.7 Å². The molecule has 140 valence electrons. The molecule has 1 amide bonds. The van der Waals surface area contributed by atoms with Gasteiger partial charge in [-0.25, -0.2) is 9.18 Å². The SMILES string of the molecule is CCC1(CC)[C@@H](c2cc(F)cc(Cl)c2OCCN)CCCN1C(=O)O. The van der Waals surface area contributed by atoms with Crippen LogP contribution in [0.15, 0.2) is 12.1 Å². The van der Waals surface area contributed by atoms with Crippen molar-refractivity contribution in [2.45, 2.75) is 51.0 Å². The molecule has 5 nitrogen and oxygen atoms in total. The largest absolute Gasteiger partial charge is 0.490 e. The Bertz CT molecular complexity index is 623. The van der Waals surface area contributed by atoms with E-state index in [2.05, 4.69) is 0 Å². The Labute approximate surface area is 152 Å². The summed E-state index contributed by atoms with van der Waals surface area (Å²) in [5, 5.41) is 9.89. The minimum absolute atomic E-state index is 0.187. The van der Waals surface area contributed by atoms with E-state index in [9.17, 15) is 14.3 Å². The molecule has 25 heavy (non-hydrogen) atoms. The fourth-order valence-electron chi connectivity index (χ4n) is 4.14. The van der Waals surface area contributed by atoms with Crippen molar-refractivity contribution < 1.29 is 19.0 Å². The summed E-state index contributed by atoms with van der Waals surface area (Å²) < 4.78 is 19.8. The smallest absolute Gasteiger partial charge is 0.407 e. The van der Waals surface area contributed by atoms with Crippen molar-refractivity contribution in [1.29, 1.82) is 0 Å². The van der Waals surface area contributed by atoms with Crippen molar-refractivity contribution in [2.75, 3.05) is 19.7 Å². The number of halogens is 2. The highest BCUT2D eigenvalue weighted by molar-refractivity contribution is 6.32. The molecule has 0 unspecified atom stereocenters. The molecule has 0 radical (unpaired) electrons. The van der Waals surface area contributed by atoms with Crippen molar-refractivity contribution in [3.05, 3.63) is 28.5 Å². The van der Waals surface area contributed by atoms with Crippen molar-refractivity contribution in [3.8, 4) is 5.75 Å². The topological polar surface area (TPSA) is 75.8 Å². The Balaban J connectivity index is 2.59. The van der Waals surface area contributed by atoms with Gasteiger partial charge in [0.15, 0.2) is 0 Å². The van der Waals surface area contributed by atoms with Gasteiger partial charge in [-0.3, -0.25) is 0 Å². The number of hydrogen-bond donors (Lipinski definition) is 2. The molecule has 0 saturated carbocycles. The van der Waals surface area contributed by atoms with Gasteiger partial charge in [0, 0.05) is 24.6 Å². The first kappa shape index (κ1) is 19.8. The molecule has 7 heteroatoms. The summed E-state index contributed by atoms with van der Waals surface area (Å²) in [6.45, 7) is 5.00. The Hall–Kier alpha value is -1.53. The van der Waals surface area contributed by atoms with Crippen LogP contribution < -0.4 is 10.5 Å². The van der Waals surface area contributed by atoms with Crippen LogP contribution in [-0.4, -0.2) is 41.3 Å². The molecule has 3 N–H and O–H groups in total. The molecule has 1 aliphatic heterocycles. The Kier molecular flexibility index (Phi) is 6.52. The molecule has 1 aromatic rings. The van der Waals surface area contributed by atoms with E-state index in [1.165, 1.54) is 17.0 Å². The average molecular weight is 373 g/mol. The number of ether oxygens (including phenoxy) is 1. The third-order valence-electron chi connectivity index (χ3n) is 5.29. The highest BCUT2D eigenvalue weighted by Crippen LogP contribution is 2.49. The fourth-order valence-corrected chi connectivity index (χ4v) is 4.41. The first-order valence-electron chi connectivity index (χ1n) is 8.73. The summed E-state index contributed by atoms with van der Waals surface area (Å²) in [6, 6.07) is 2.64. The Morgan fingerprint density at radius 1 is 1.48 bits per heavy atom. The number of amides is 1. The quantitative estimate of drug-likeness (QED) is 0.783. The van der Waals surface area contributed by atoms with Crippen LogP contribution in [0.5, 0.6) is 5.75 Å². The van der Waals surface area contributed by atoms with Crippen molar-refractivity contribution in [3.63, 3.8) is 0 Å². The number of nitrogens with zero attached hydrogens (tertiary/aromatic N) is 1. The third kappa shape index (κ3) is 3.70. The van der Waals surface area contributed by atoms with Gasteiger partial charge in [0.25, 0.3) is 0 Å². The number of likely N-dealkylation sites (tertiary alicyclic amines) is 1. The second kappa shape index (κ2) is 8.23. The number of carbonyl (C=O) groups is 1. The number of hydrogen-bond acceptors (Lipinski definition) is 3. The summed E-state index contributed by atoms with van der Waals surface area (Å²) in [6.07, 6.45) is 1.78. The van der Waals surface area contributed by atoms with Gasteiger partial charge in [-0.05, 0) is 37.8 Å². The standard InChI is InChI=1S/C18H26ClFN2O3/c1-3-18(4-2)14(6-5-8-22(18)17(23)24)13-10-12(20)11-15(19)16(13)25-9-7-21/h10-11,14H,3-9,21H2,1-2H3,(H,23,24)/t14-/m1/s1. The Morgan fingerprint density at radius 2 is 2.16 bits per heavy atom. The van der Waals surface area contributed by atoms with Crippen LogP contribution >= 0.6 is 11.6 Å². The van der Waals surface area contributed by atoms with Crippen LogP contribution in [0.1, 0.15) is 51.0 Å². The summed E-state index contributed by atoms with van der Waals surface area (Å²) in [4.78, 5) is 13.3. The molecule has 1 atom stereocenters. The summed E-state index contributed by atoms with van der Waals surface area (Å²) in [5.41, 5.74) is 5.55. The zero-order valence-corrected chi connectivity index (χ0v) is 15.5. The van der Waals surface area contributed by atoms with Gasteiger partial charge in [0.1, 0.15) is 18.2 Å². The van der Waals surface area contributed by atoms with E-state index in [0.717, 1.165) is 6.42 Å². The second-order valence-corrected chi connectivity index (χ2v) is 6.79. The van der Waals surface area contributed by atoms with Crippen LogP contribution in [-0.2, 0) is 0 Å². The molecule has 1 aromatic carbocycles. The maximum absolute atomic E-state index is 14.1. The molecule has 1 fully saturated rings. The number of rotatable bonds is 6. The molecule has 0 aliphatic carbocycles. The lowest BCUT2D eigenvalue weighted by atomic mass is 9.69. The summed E-state index contributed by atoms with van der Waals surface area (Å²) in [5.74, 6) is -0.223. The number of nitrogens with two attached hydrogens (primary N) is 1. The van der Waals surface area contributed by atoms with E-state index in [-0.39, 0.29) is 17.5 Å². The maximum Gasteiger partial charge on any atom is 0.407 e. The maximum atomic E-state index is 14.1. The molecule has 1 heterocycles. The minimum atomic E-state index is -0.944. The summed E-state index contributed by atoms with van der Waals surface area (Å²) in [7, 11) is 0. The molecule has 1 aliphatic rings. The molecule has 0 bridgehead atoms. The molecular formula is C18H26ClFN2O3. The average Bonchev–Trinajstić information content (AvgIpc) is 2.59. The highest BCUT2D eigenvalue weighted by atomic mass is 35.5. The molecule has 0 aromatic heterocycles. The van der Waals surface area contributed by atoms with Gasteiger partial charge < -0.3 is 20.5 Å². The van der Waals surface area contributed by atoms with Crippen molar-refractivity contribution in [1.82, 2.24) is 4.90 Å². The van der Waals surface area contributed by atoms with E-state index in [4.69, 9.17) is 22.1 Å². The monoisotopic (exact) mass is 372 g/mol. The minimum Gasteiger partial charge on any atom is -0.490 e. The van der Waals surface area contributed by atoms with E-state index < -0.39 is 17.4 Å². The Morgan fingerprint density at radius 3 is 2.72 bits per heavy atom.